The highest BCUT2D eigenvalue weighted by Gasteiger charge is 2.25. The van der Waals surface area contributed by atoms with Gasteiger partial charge in [-0.15, -0.1) is 0 Å². The van der Waals surface area contributed by atoms with E-state index in [1.807, 2.05) is 36.1 Å². The molecular weight excluding hydrogens is 338 g/mol. The van der Waals surface area contributed by atoms with Gasteiger partial charge in [-0.3, -0.25) is 9.59 Å². The van der Waals surface area contributed by atoms with Crippen LogP contribution >= 0.6 is 11.6 Å². The number of nitrogens with zero attached hydrogens (tertiary/aromatic N) is 1. The number of hydrogen-bond donors (Lipinski definition) is 2. The van der Waals surface area contributed by atoms with Gasteiger partial charge in [-0.05, 0) is 49.4 Å². The highest BCUT2D eigenvalue weighted by molar-refractivity contribution is 6.31. The first-order chi connectivity index (χ1) is 12.1. The number of carbonyl (C=O) groups excluding carboxylic acids is 2. The summed E-state index contributed by atoms with van der Waals surface area (Å²) in [6.07, 6.45) is 3.26. The van der Waals surface area contributed by atoms with Gasteiger partial charge < -0.3 is 15.2 Å². The molecule has 2 aromatic rings. The number of aromatic nitrogens is 1. The molecule has 5 nitrogen and oxygen atoms in total. The van der Waals surface area contributed by atoms with Gasteiger partial charge >= 0.3 is 0 Å². The molecule has 3 rings (SSSR count). The van der Waals surface area contributed by atoms with Crippen molar-refractivity contribution in [1.29, 1.82) is 0 Å². The molecule has 6 heteroatoms. The number of benzene rings is 1. The Hall–Kier alpha value is -2.01. The predicted octanol–water partition coefficient (Wildman–Crippen LogP) is 3.59. The Labute approximate surface area is 152 Å². The third-order valence-electron chi connectivity index (χ3n) is 4.76. The summed E-state index contributed by atoms with van der Waals surface area (Å²) in [7, 11) is 0. The Morgan fingerprint density at radius 1 is 1.28 bits per heavy atom. The number of hydrogen-bond acceptors (Lipinski definition) is 2. The lowest BCUT2D eigenvalue weighted by atomic mass is 9.93. The fourth-order valence-corrected chi connectivity index (χ4v) is 3.51. The first kappa shape index (κ1) is 17.8. The van der Waals surface area contributed by atoms with E-state index in [-0.39, 0.29) is 11.8 Å². The molecule has 0 spiro atoms. The Bertz CT molecular complexity index is 763. The molecule has 2 heterocycles. The van der Waals surface area contributed by atoms with Crippen molar-refractivity contribution < 1.29 is 9.59 Å². The summed E-state index contributed by atoms with van der Waals surface area (Å²) in [4.78, 5) is 29.6. The van der Waals surface area contributed by atoms with Crippen LogP contribution < -0.4 is 5.32 Å². The quantitative estimate of drug-likeness (QED) is 0.854. The van der Waals surface area contributed by atoms with E-state index in [1.54, 1.807) is 0 Å². The van der Waals surface area contributed by atoms with Gasteiger partial charge in [0.15, 0.2) is 0 Å². The second-order valence-electron chi connectivity index (χ2n) is 6.70. The number of aromatic amines is 1. The summed E-state index contributed by atoms with van der Waals surface area (Å²) >= 11 is 6.00. The van der Waals surface area contributed by atoms with Gasteiger partial charge in [-0.1, -0.05) is 18.5 Å². The van der Waals surface area contributed by atoms with Gasteiger partial charge in [0, 0.05) is 42.0 Å². The van der Waals surface area contributed by atoms with Gasteiger partial charge in [0.2, 0.25) is 5.91 Å². The topological polar surface area (TPSA) is 65.2 Å². The molecule has 1 aliphatic rings. The molecule has 0 saturated carbocycles. The van der Waals surface area contributed by atoms with Crippen molar-refractivity contribution in [3.05, 3.63) is 35.0 Å². The van der Waals surface area contributed by atoms with Gasteiger partial charge in [0.05, 0.1) is 0 Å². The van der Waals surface area contributed by atoms with Crippen molar-refractivity contribution in [2.45, 2.75) is 32.6 Å². The van der Waals surface area contributed by atoms with Crippen LogP contribution in [-0.2, 0) is 4.79 Å². The zero-order chi connectivity index (χ0) is 17.8. The Morgan fingerprint density at radius 3 is 2.76 bits per heavy atom. The zero-order valence-electron chi connectivity index (χ0n) is 14.5. The Morgan fingerprint density at radius 2 is 2.04 bits per heavy atom. The monoisotopic (exact) mass is 361 g/mol. The van der Waals surface area contributed by atoms with E-state index in [9.17, 15) is 9.59 Å². The minimum Gasteiger partial charge on any atom is -0.356 e. The third-order valence-corrected chi connectivity index (χ3v) is 5.00. The summed E-state index contributed by atoms with van der Waals surface area (Å²) in [5.41, 5.74) is 1.51. The molecular formula is C19H24ClN3O2. The third kappa shape index (κ3) is 4.34. The zero-order valence-corrected chi connectivity index (χ0v) is 15.2. The summed E-state index contributed by atoms with van der Waals surface area (Å²) < 4.78 is 0. The summed E-state index contributed by atoms with van der Waals surface area (Å²) in [5, 5.41) is 4.53. The van der Waals surface area contributed by atoms with Crippen molar-refractivity contribution >= 4 is 34.3 Å². The highest BCUT2D eigenvalue weighted by Crippen LogP contribution is 2.24. The van der Waals surface area contributed by atoms with Crippen LogP contribution in [0.3, 0.4) is 0 Å². The molecule has 2 amide bonds. The summed E-state index contributed by atoms with van der Waals surface area (Å²) in [6.45, 7) is 4.17. The van der Waals surface area contributed by atoms with Crippen LogP contribution in [0.4, 0.5) is 0 Å². The second-order valence-corrected chi connectivity index (χ2v) is 7.14. The number of piperidine rings is 1. The lowest BCUT2D eigenvalue weighted by molar-refractivity contribution is -0.122. The first-order valence-corrected chi connectivity index (χ1v) is 9.29. The first-order valence-electron chi connectivity index (χ1n) is 8.91. The van der Waals surface area contributed by atoms with Crippen LogP contribution in [0.15, 0.2) is 24.3 Å². The maximum Gasteiger partial charge on any atom is 0.270 e. The van der Waals surface area contributed by atoms with Gasteiger partial charge in [-0.2, -0.15) is 0 Å². The second kappa shape index (κ2) is 7.91. The largest absolute Gasteiger partial charge is 0.356 e. The van der Waals surface area contributed by atoms with Crippen molar-refractivity contribution in [2.75, 3.05) is 19.6 Å². The van der Waals surface area contributed by atoms with Crippen LogP contribution in [0.25, 0.3) is 10.9 Å². The number of H-pyrrole nitrogens is 1. The molecule has 0 aliphatic carbocycles. The van der Waals surface area contributed by atoms with Crippen molar-refractivity contribution in [2.24, 2.45) is 5.92 Å². The maximum absolute atomic E-state index is 12.7. The van der Waals surface area contributed by atoms with E-state index >= 15 is 0 Å². The van der Waals surface area contributed by atoms with Crippen LogP contribution in [0.1, 0.15) is 43.1 Å². The van der Waals surface area contributed by atoms with Crippen LogP contribution in [0.2, 0.25) is 5.02 Å². The Kier molecular flexibility index (Phi) is 5.63. The number of rotatable bonds is 5. The molecule has 1 aliphatic heterocycles. The number of likely N-dealkylation sites (tertiary alicyclic amines) is 1. The highest BCUT2D eigenvalue weighted by atomic mass is 35.5. The van der Waals surface area contributed by atoms with Crippen molar-refractivity contribution in [3.63, 3.8) is 0 Å². The number of amides is 2. The average molecular weight is 362 g/mol. The lowest BCUT2D eigenvalue weighted by Gasteiger charge is -2.31. The minimum atomic E-state index is 0.0150. The smallest absolute Gasteiger partial charge is 0.270 e. The molecule has 1 aromatic carbocycles. The summed E-state index contributed by atoms with van der Waals surface area (Å²) in [5.74, 6) is 0.503. The minimum absolute atomic E-state index is 0.0150. The van der Waals surface area contributed by atoms with Crippen molar-refractivity contribution in [3.8, 4) is 0 Å². The van der Waals surface area contributed by atoms with E-state index in [1.165, 1.54) is 0 Å². The molecule has 25 heavy (non-hydrogen) atoms. The molecule has 0 atom stereocenters. The van der Waals surface area contributed by atoms with E-state index in [4.69, 9.17) is 11.6 Å². The maximum atomic E-state index is 12.7. The molecule has 0 bridgehead atoms. The van der Waals surface area contributed by atoms with Gasteiger partial charge in [0.25, 0.3) is 5.91 Å². The van der Waals surface area contributed by atoms with Crippen LogP contribution in [0.5, 0.6) is 0 Å². The van der Waals surface area contributed by atoms with E-state index in [0.717, 1.165) is 36.7 Å². The Balaban J connectivity index is 1.56. The van der Waals surface area contributed by atoms with Gasteiger partial charge in [-0.25, -0.2) is 0 Å². The number of carbonyl (C=O) groups is 2. The molecule has 0 radical (unpaired) electrons. The van der Waals surface area contributed by atoms with E-state index < -0.39 is 0 Å². The lowest BCUT2D eigenvalue weighted by Crippen LogP contribution is -2.39. The molecule has 0 unspecified atom stereocenters. The standard InChI is InChI=1S/C19H24ClN3O2/c1-2-7-21-18(24)10-13-5-8-23(9-6-13)19(25)17-12-14-11-15(20)3-4-16(14)22-17/h3-4,11-13,22H,2,5-10H2,1H3,(H,21,24). The summed E-state index contributed by atoms with van der Waals surface area (Å²) in [6, 6.07) is 7.40. The van der Waals surface area contributed by atoms with Crippen LogP contribution in [-0.4, -0.2) is 41.3 Å². The molecule has 1 aromatic heterocycles. The molecule has 2 N–H and O–H groups in total. The molecule has 1 saturated heterocycles. The molecule has 1 fully saturated rings. The normalized spacial score (nSPS) is 15.5. The predicted molar refractivity (Wildman–Crippen MR) is 99.9 cm³/mol. The average Bonchev–Trinajstić information content (AvgIpc) is 3.03. The van der Waals surface area contributed by atoms with Gasteiger partial charge in [0.1, 0.15) is 5.69 Å². The fraction of sp³-hybridized carbons (Fsp3) is 0.474. The van der Waals surface area contributed by atoms with Crippen molar-refractivity contribution in [1.82, 2.24) is 15.2 Å². The number of nitrogens with one attached hydrogen (secondary N) is 2. The number of fused-ring (bicyclic) bond motifs is 1. The number of halogens is 1. The SMILES string of the molecule is CCCNC(=O)CC1CCN(C(=O)c2cc3cc(Cl)ccc3[nH]2)CC1. The van der Waals surface area contributed by atoms with E-state index in [0.29, 0.717) is 36.1 Å². The van der Waals surface area contributed by atoms with Crippen LogP contribution in [0, 0.1) is 5.92 Å². The molecule has 134 valence electrons. The fourth-order valence-electron chi connectivity index (χ4n) is 3.33. The van der Waals surface area contributed by atoms with E-state index in [2.05, 4.69) is 10.3 Å².